The number of ether oxygens (including phenoxy) is 1. The summed E-state index contributed by atoms with van der Waals surface area (Å²) in [5.41, 5.74) is 0.748. The number of amides is 2. The van der Waals surface area contributed by atoms with E-state index in [1.165, 1.54) is 0 Å². The van der Waals surface area contributed by atoms with Gasteiger partial charge in [0.05, 0.1) is 6.61 Å². The van der Waals surface area contributed by atoms with E-state index in [0.29, 0.717) is 44.4 Å². The molecule has 0 atom stereocenters. The number of hydrogen-bond donors (Lipinski definition) is 2. The first kappa shape index (κ1) is 21.4. The minimum Gasteiger partial charge on any atom is -0.494 e. The van der Waals surface area contributed by atoms with Crippen molar-refractivity contribution in [3.8, 4) is 5.75 Å². The molecular weight excluding hydrogens is 406 g/mol. The fourth-order valence-electron chi connectivity index (χ4n) is 3.49. The summed E-state index contributed by atoms with van der Waals surface area (Å²) in [7, 11) is 0. The molecule has 1 fully saturated rings. The van der Waals surface area contributed by atoms with Crippen molar-refractivity contribution in [3.05, 3.63) is 60.6 Å². The summed E-state index contributed by atoms with van der Waals surface area (Å²) in [6.45, 7) is 7.02. The standard InChI is InChI=1S/C23H27N7O2/c1-3-32-19-9-7-18(8-10-19)27-23(31)30-14-12-29(13-15-30)22-16-21(25-17(2)26-22)28-20-6-4-5-11-24-20/h4-11,16H,3,12-15H2,1-2H3,(H,27,31)(H,24,25,26,28). The lowest BCUT2D eigenvalue weighted by Crippen LogP contribution is -2.50. The predicted molar refractivity (Wildman–Crippen MR) is 125 cm³/mol. The number of rotatable bonds is 6. The van der Waals surface area contributed by atoms with Crippen LogP contribution in [0.2, 0.25) is 0 Å². The van der Waals surface area contributed by atoms with Crippen LogP contribution >= 0.6 is 0 Å². The Kier molecular flexibility index (Phi) is 6.64. The highest BCUT2D eigenvalue weighted by atomic mass is 16.5. The number of carbonyl (C=O) groups is 1. The molecule has 3 heterocycles. The van der Waals surface area contributed by atoms with Crippen LogP contribution in [-0.2, 0) is 0 Å². The molecule has 166 valence electrons. The molecule has 0 aliphatic carbocycles. The number of aryl methyl sites for hydroxylation is 1. The Bertz CT molecular complexity index is 1040. The molecule has 32 heavy (non-hydrogen) atoms. The van der Waals surface area contributed by atoms with Gasteiger partial charge in [-0.3, -0.25) is 0 Å². The first-order valence-corrected chi connectivity index (χ1v) is 10.7. The van der Waals surface area contributed by atoms with Gasteiger partial charge in [0.15, 0.2) is 0 Å². The normalized spacial score (nSPS) is 13.6. The van der Waals surface area contributed by atoms with Gasteiger partial charge in [0.2, 0.25) is 0 Å². The second kappa shape index (κ2) is 9.95. The average Bonchev–Trinajstić information content (AvgIpc) is 2.81. The molecule has 4 rings (SSSR count). The van der Waals surface area contributed by atoms with Crippen molar-refractivity contribution in [2.24, 2.45) is 0 Å². The zero-order valence-corrected chi connectivity index (χ0v) is 18.3. The zero-order valence-electron chi connectivity index (χ0n) is 18.3. The van der Waals surface area contributed by atoms with Crippen LogP contribution in [0.4, 0.5) is 27.9 Å². The van der Waals surface area contributed by atoms with E-state index in [4.69, 9.17) is 4.74 Å². The van der Waals surface area contributed by atoms with E-state index >= 15 is 0 Å². The first-order valence-electron chi connectivity index (χ1n) is 10.7. The lowest BCUT2D eigenvalue weighted by Gasteiger charge is -2.35. The Morgan fingerprint density at radius 1 is 1.03 bits per heavy atom. The first-order chi connectivity index (χ1) is 15.6. The Morgan fingerprint density at radius 3 is 2.50 bits per heavy atom. The van der Waals surface area contributed by atoms with Crippen molar-refractivity contribution in [2.45, 2.75) is 13.8 Å². The molecule has 2 amide bonds. The maximum atomic E-state index is 12.7. The molecule has 0 spiro atoms. The van der Waals surface area contributed by atoms with Gasteiger partial charge in [-0.25, -0.2) is 19.7 Å². The minimum atomic E-state index is -0.106. The lowest BCUT2D eigenvalue weighted by atomic mass is 10.3. The van der Waals surface area contributed by atoms with Crippen LogP contribution in [0.5, 0.6) is 5.75 Å². The van der Waals surface area contributed by atoms with Gasteiger partial charge >= 0.3 is 6.03 Å². The number of hydrogen-bond acceptors (Lipinski definition) is 7. The van der Waals surface area contributed by atoms with Gasteiger partial charge in [0, 0.05) is 44.1 Å². The molecule has 0 unspecified atom stereocenters. The fourth-order valence-corrected chi connectivity index (χ4v) is 3.49. The molecule has 1 saturated heterocycles. The van der Waals surface area contributed by atoms with Gasteiger partial charge in [-0.1, -0.05) is 6.07 Å². The molecular formula is C23H27N7O2. The Balaban J connectivity index is 1.34. The van der Waals surface area contributed by atoms with E-state index in [1.807, 2.05) is 67.3 Å². The van der Waals surface area contributed by atoms with Crippen molar-refractivity contribution in [3.63, 3.8) is 0 Å². The van der Waals surface area contributed by atoms with E-state index in [-0.39, 0.29) is 6.03 Å². The summed E-state index contributed by atoms with van der Waals surface area (Å²) in [6.07, 6.45) is 1.73. The van der Waals surface area contributed by atoms with Gasteiger partial charge < -0.3 is 25.2 Å². The van der Waals surface area contributed by atoms with E-state index in [1.54, 1.807) is 6.20 Å². The van der Waals surface area contributed by atoms with Gasteiger partial charge in [0.1, 0.15) is 29.0 Å². The molecule has 3 aromatic rings. The Labute approximate surface area is 187 Å². The van der Waals surface area contributed by atoms with E-state index in [9.17, 15) is 4.79 Å². The number of aromatic nitrogens is 3. The summed E-state index contributed by atoms with van der Waals surface area (Å²) in [5, 5.41) is 6.17. The maximum absolute atomic E-state index is 12.7. The van der Waals surface area contributed by atoms with Crippen LogP contribution in [0.1, 0.15) is 12.7 Å². The monoisotopic (exact) mass is 433 g/mol. The fraction of sp³-hybridized carbons (Fsp3) is 0.304. The van der Waals surface area contributed by atoms with Crippen LogP contribution in [0.25, 0.3) is 0 Å². The summed E-state index contributed by atoms with van der Waals surface area (Å²) in [4.78, 5) is 30.0. The SMILES string of the molecule is CCOc1ccc(NC(=O)N2CCN(c3cc(Nc4ccccn4)nc(C)n3)CC2)cc1. The number of urea groups is 1. The zero-order chi connectivity index (χ0) is 22.3. The third-order valence-electron chi connectivity index (χ3n) is 5.05. The smallest absolute Gasteiger partial charge is 0.321 e. The molecule has 1 aliphatic heterocycles. The topological polar surface area (TPSA) is 95.5 Å². The van der Waals surface area contributed by atoms with Crippen molar-refractivity contribution >= 4 is 29.2 Å². The third-order valence-corrected chi connectivity index (χ3v) is 5.05. The molecule has 1 aromatic carbocycles. The molecule has 2 aromatic heterocycles. The van der Waals surface area contributed by atoms with E-state index < -0.39 is 0 Å². The van der Waals surface area contributed by atoms with Gasteiger partial charge in [-0.05, 0) is 50.2 Å². The average molecular weight is 434 g/mol. The predicted octanol–water partition coefficient (Wildman–Crippen LogP) is 3.68. The van der Waals surface area contributed by atoms with Crippen molar-refractivity contribution in [2.75, 3.05) is 48.3 Å². The van der Waals surface area contributed by atoms with Crippen molar-refractivity contribution in [1.82, 2.24) is 19.9 Å². The summed E-state index contributed by atoms with van der Waals surface area (Å²) in [6, 6.07) is 14.9. The van der Waals surface area contributed by atoms with Crippen LogP contribution in [-0.4, -0.2) is 58.7 Å². The van der Waals surface area contributed by atoms with Crippen molar-refractivity contribution in [1.29, 1.82) is 0 Å². The highest BCUT2D eigenvalue weighted by molar-refractivity contribution is 5.89. The maximum Gasteiger partial charge on any atom is 0.321 e. The highest BCUT2D eigenvalue weighted by Crippen LogP contribution is 2.21. The quantitative estimate of drug-likeness (QED) is 0.612. The Hall–Kier alpha value is -3.88. The summed E-state index contributed by atoms with van der Waals surface area (Å²) in [5.74, 6) is 3.73. The van der Waals surface area contributed by atoms with Crippen molar-refractivity contribution < 1.29 is 9.53 Å². The van der Waals surface area contributed by atoms with E-state index in [0.717, 1.165) is 23.1 Å². The van der Waals surface area contributed by atoms with Crippen LogP contribution < -0.4 is 20.3 Å². The Morgan fingerprint density at radius 2 is 1.81 bits per heavy atom. The molecule has 9 nitrogen and oxygen atoms in total. The summed E-state index contributed by atoms with van der Waals surface area (Å²) < 4.78 is 5.44. The number of benzene rings is 1. The second-order valence-electron chi connectivity index (χ2n) is 7.36. The lowest BCUT2D eigenvalue weighted by molar-refractivity contribution is 0.208. The number of piperazine rings is 1. The van der Waals surface area contributed by atoms with Crippen LogP contribution in [0.15, 0.2) is 54.7 Å². The molecule has 1 aliphatic rings. The van der Waals surface area contributed by atoms with Crippen LogP contribution in [0, 0.1) is 6.92 Å². The number of nitrogens with one attached hydrogen (secondary N) is 2. The second-order valence-corrected chi connectivity index (χ2v) is 7.36. The van der Waals surface area contributed by atoms with Gasteiger partial charge in [-0.2, -0.15) is 0 Å². The largest absolute Gasteiger partial charge is 0.494 e. The summed E-state index contributed by atoms with van der Waals surface area (Å²) >= 11 is 0. The number of pyridine rings is 1. The molecule has 2 N–H and O–H groups in total. The van der Waals surface area contributed by atoms with Crippen LogP contribution in [0.3, 0.4) is 0 Å². The van der Waals surface area contributed by atoms with Gasteiger partial charge in [-0.15, -0.1) is 0 Å². The molecule has 9 heteroatoms. The number of nitrogens with zero attached hydrogens (tertiary/aromatic N) is 5. The number of carbonyl (C=O) groups excluding carboxylic acids is 1. The molecule has 0 radical (unpaired) electrons. The number of anilines is 4. The molecule has 0 saturated carbocycles. The highest BCUT2D eigenvalue weighted by Gasteiger charge is 2.22. The third kappa shape index (κ3) is 5.42. The molecule has 0 bridgehead atoms. The van der Waals surface area contributed by atoms with E-state index in [2.05, 4.69) is 30.5 Å². The minimum absolute atomic E-state index is 0.106. The van der Waals surface area contributed by atoms with Gasteiger partial charge in [0.25, 0.3) is 0 Å².